The summed E-state index contributed by atoms with van der Waals surface area (Å²) in [5.74, 6) is 0. The van der Waals surface area contributed by atoms with Crippen molar-refractivity contribution in [3.05, 3.63) is 34.8 Å². The van der Waals surface area contributed by atoms with E-state index < -0.39 is 0 Å². The molecule has 0 spiro atoms. The molecule has 1 aliphatic heterocycles. The highest BCUT2D eigenvalue weighted by Gasteiger charge is 2.13. The fraction of sp³-hybridized carbons (Fsp3) is 0.571. The molecule has 0 aliphatic carbocycles. The Hall–Kier alpha value is -0.380. The first-order valence-electron chi connectivity index (χ1n) is 6.31. The Morgan fingerprint density at radius 1 is 1.29 bits per heavy atom. The molecule has 1 aromatic carbocycles. The van der Waals surface area contributed by atoms with E-state index >= 15 is 0 Å². The van der Waals surface area contributed by atoms with Crippen molar-refractivity contribution in [2.45, 2.75) is 45.1 Å². The number of halogens is 1. The minimum absolute atomic E-state index is 0.383. The van der Waals surface area contributed by atoms with E-state index in [-0.39, 0.29) is 0 Å². The lowest BCUT2D eigenvalue weighted by Gasteiger charge is -2.20. The van der Waals surface area contributed by atoms with Crippen molar-refractivity contribution in [2.24, 2.45) is 0 Å². The van der Waals surface area contributed by atoms with E-state index in [0.717, 1.165) is 23.9 Å². The van der Waals surface area contributed by atoms with Gasteiger partial charge in [0.05, 0.1) is 12.7 Å². The third-order valence-corrected chi connectivity index (χ3v) is 3.10. The fourth-order valence-corrected chi connectivity index (χ4v) is 1.91. The van der Waals surface area contributed by atoms with Gasteiger partial charge in [-0.05, 0) is 31.4 Å². The topological polar surface area (TPSA) is 18.5 Å². The number of unbranched alkanes of at least 4 members (excludes halogenated alkanes) is 1. The standard InChI is InChI=1S/C8H16O2.C6H5Br/c1-2-3-5-8-6-4-7-9-10-8;7-6-4-2-1-3-5-6/h8H,2-7H2,1H3;1-5H. The van der Waals surface area contributed by atoms with Gasteiger partial charge in [0.1, 0.15) is 0 Å². The molecular formula is C14H21BrO2. The average molecular weight is 301 g/mol. The summed E-state index contributed by atoms with van der Waals surface area (Å²) in [6, 6.07) is 9.97. The zero-order valence-electron chi connectivity index (χ0n) is 10.4. The monoisotopic (exact) mass is 300 g/mol. The predicted octanol–water partition coefficient (Wildman–Crippen LogP) is 4.74. The molecule has 1 aliphatic rings. The third-order valence-electron chi connectivity index (χ3n) is 2.57. The van der Waals surface area contributed by atoms with Gasteiger partial charge in [-0.25, -0.2) is 9.78 Å². The summed E-state index contributed by atoms with van der Waals surface area (Å²) in [6.45, 7) is 2.98. The van der Waals surface area contributed by atoms with Crippen molar-refractivity contribution in [3.8, 4) is 0 Å². The molecule has 1 heterocycles. The first-order chi connectivity index (χ1) is 8.33. The second-order valence-electron chi connectivity index (χ2n) is 4.12. The van der Waals surface area contributed by atoms with Crippen molar-refractivity contribution < 1.29 is 9.78 Å². The maximum absolute atomic E-state index is 5.08. The Bertz CT molecular complexity index is 271. The molecule has 1 saturated heterocycles. The minimum Gasteiger partial charge on any atom is -0.236 e. The summed E-state index contributed by atoms with van der Waals surface area (Å²) in [5.41, 5.74) is 0. The van der Waals surface area contributed by atoms with Gasteiger partial charge in [-0.15, -0.1) is 0 Å². The molecule has 2 rings (SSSR count). The van der Waals surface area contributed by atoms with Crippen LogP contribution in [0.5, 0.6) is 0 Å². The van der Waals surface area contributed by atoms with Crippen LogP contribution in [0.25, 0.3) is 0 Å². The molecule has 0 bridgehead atoms. The van der Waals surface area contributed by atoms with Crippen LogP contribution in [0.15, 0.2) is 34.8 Å². The Labute approximate surface area is 112 Å². The highest BCUT2D eigenvalue weighted by molar-refractivity contribution is 9.10. The molecule has 96 valence electrons. The molecule has 0 N–H and O–H groups in total. The van der Waals surface area contributed by atoms with Crippen LogP contribution in [-0.4, -0.2) is 12.7 Å². The van der Waals surface area contributed by atoms with Gasteiger partial charge in [0, 0.05) is 4.47 Å². The molecule has 0 saturated carbocycles. The van der Waals surface area contributed by atoms with Gasteiger partial charge in [-0.3, -0.25) is 0 Å². The van der Waals surface area contributed by atoms with Gasteiger partial charge in [-0.2, -0.15) is 0 Å². The summed E-state index contributed by atoms with van der Waals surface area (Å²) < 4.78 is 1.13. The first kappa shape index (κ1) is 14.7. The number of hydrogen-bond acceptors (Lipinski definition) is 2. The van der Waals surface area contributed by atoms with E-state index in [1.54, 1.807) is 0 Å². The van der Waals surface area contributed by atoms with Gasteiger partial charge < -0.3 is 0 Å². The molecule has 3 heteroatoms. The van der Waals surface area contributed by atoms with Crippen molar-refractivity contribution in [2.75, 3.05) is 6.61 Å². The molecule has 2 nitrogen and oxygen atoms in total. The van der Waals surface area contributed by atoms with Crippen molar-refractivity contribution in [1.29, 1.82) is 0 Å². The number of benzene rings is 1. The Morgan fingerprint density at radius 2 is 2.06 bits per heavy atom. The fourth-order valence-electron chi connectivity index (χ4n) is 1.60. The molecule has 0 aromatic heterocycles. The largest absolute Gasteiger partial charge is 0.236 e. The summed E-state index contributed by atoms with van der Waals surface area (Å²) in [5, 5.41) is 0. The molecule has 0 radical (unpaired) electrons. The lowest BCUT2D eigenvalue weighted by molar-refractivity contribution is -0.345. The van der Waals surface area contributed by atoms with Crippen LogP contribution in [0.4, 0.5) is 0 Å². The molecule has 1 atom stereocenters. The third kappa shape index (κ3) is 7.53. The molecule has 0 amide bonds. The van der Waals surface area contributed by atoms with Crippen LogP contribution >= 0.6 is 15.9 Å². The maximum atomic E-state index is 5.08. The zero-order chi connectivity index (χ0) is 12.3. The van der Waals surface area contributed by atoms with E-state index in [2.05, 4.69) is 22.9 Å². The predicted molar refractivity (Wildman–Crippen MR) is 73.7 cm³/mol. The second-order valence-corrected chi connectivity index (χ2v) is 5.04. The van der Waals surface area contributed by atoms with E-state index in [1.807, 2.05) is 30.3 Å². The van der Waals surface area contributed by atoms with E-state index in [0.29, 0.717) is 6.10 Å². The highest BCUT2D eigenvalue weighted by atomic mass is 79.9. The SMILES string of the molecule is Brc1ccccc1.CCCCC1CCCOO1. The van der Waals surface area contributed by atoms with Gasteiger partial charge in [0.15, 0.2) is 0 Å². The summed E-state index contributed by atoms with van der Waals surface area (Å²) >= 11 is 3.31. The van der Waals surface area contributed by atoms with Gasteiger partial charge >= 0.3 is 0 Å². The van der Waals surface area contributed by atoms with E-state index in [4.69, 9.17) is 9.78 Å². The van der Waals surface area contributed by atoms with Crippen molar-refractivity contribution in [3.63, 3.8) is 0 Å². The molecule has 1 fully saturated rings. The Morgan fingerprint density at radius 3 is 2.53 bits per heavy atom. The molecular weight excluding hydrogens is 280 g/mol. The van der Waals surface area contributed by atoms with Crippen LogP contribution in [0.1, 0.15) is 39.0 Å². The van der Waals surface area contributed by atoms with Gasteiger partial charge in [-0.1, -0.05) is 53.9 Å². The molecule has 1 unspecified atom stereocenters. The normalized spacial score (nSPS) is 19.3. The van der Waals surface area contributed by atoms with Crippen molar-refractivity contribution in [1.82, 2.24) is 0 Å². The minimum atomic E-state index is 0.383. The first-order valence-corrected chi connectivity index (χ1v) is 7.11. The summed E-state index contributed by atoms with van der Waals surface area (Å²) in [6.07, 6.45) is 6.40. The number of hydrogen-bond donors (Lipinski definition) is 0. The molecule has 17 heavy (non-hydrogen) atoms. The van der Waals surface area contributed by atoms with Gasteiger partial charge in [0.25, 0.3) is 0 Å². The second kappa shape index (κ2) is 9.63. The van der Waals surface area contributed by atoms with Crippen LogP contribution in [0.2, 0.25) is 0 Å². The maximum Gasteiger partial charge on any atom is 0.0930 e. The van der Waals surface area contributed by atoms with E-state index in [1.165, 1.54) is 19.3 Å². The lowest BCUT2D eigenvalue weighted by Crippen LogP contribution is -2.19. The highest BCUT2D eigenvalue weighted by Crippen LogP contribution is 2.15. The van der Waals surface area contributed by atoms with Crippen molar-refractivity contribution >= 4 is 15.9 Å². The zero-order valence-corrected chi connectivity index (χ0v) is 12.0. The van der Waals surface area contributed by atoms with Crippen LogP contribution in [0.3, 0.4) is 0 Å². The Kier molecular flexibility index (Phi) is 8.32. The van der Waals surface area contributed by atoms with E-state index in [9.17, 15) is 0 Å². The van der Waals surface area contributed by atoms with Crippen LogP contribution < -0.4 is 0 Å². The summed E-state index contributed by atoms with van der Waals surface area (Å²) in [7, 11) is 0. The van der Waals surface area contributed by atoms with Crippen LogP contribution in [-0.2, 0) is 9.78 Å². The Balaban J connectivity index is 0.000000181. The molecule has 1 aromatic rings. The quantitative estimate of drug-likeness (QED) is 0.751. The summed E-state index contributed by atoms with van der Waals surface area (Å²) in [4.78, 5) is 9.96. The number of rotatable bonds is 3. The lowest BCUT2D eigenvalue weighted by atomic mass is 10.1. The van der Waals surface area contributed by atoms with Gasteiger partial charge in [0.2, 0.25) is 0 Å². The van der Waals surface area contributed by atoms with Crippen LogP contribution in [0, 0.1) is 0 Å². The average Bonchev–Trinajstić information content (AvgIpc) is 2.39. The smallest absolute Gasteiger partial charge is 0.0930 e.